The Morgan fingerprint density at radius 1 is 1.50 bits per heavy atom. The highest BCUT2D eigenvalue weighted by molar-refractivity contribution is 9.10. The number of carbonyl (C=O) groups excluding carboxylic acids is 1. The van der Waals surface area contributed by atoms with Gasteiger partial charge in [0.15, 0.2) is 0 Å². The first-order valence-electron chi connectivity index (χ1n) is 4.55. The number of alkyl halides is 1. The van der Waals surface area contributed by atoms with Crippen LogP contribution >= 0.6 is 15.9 Å². The fourth-order valence-corrected chi connectivity index (χ4v) is 1.53. The molecule has 0 aromatic rings. The van der Waals surface area contributed by atoms with Gasteiger partial charge < -0.3 is 5.32 Å². The van der Waals surface area contributed by atoms with Gasteiger partial charge in [0, 0.05) is 6.04 Å². The van der Waals surface area contributed by atoms with Crippen LogP contribution in [0.25, 0.3) is 0 Å². The van der Waals surface area contributed by atoms with Crippen LogP contribution in [-0.4, -0.2) is 16.8 Å². The van der Waals surface area contributed by atoms with E-state index in [1.165, 1.54) is 19.3 Å². The van der Waals surface area contributed by atoms with Crippen molar-refractivity contribution in [1.29, 1.82) is 0 Å². The third-order valence-electron chi connectivity index (χ3n) is 2.59. The van der Waals surface area contributed by atoms with E-state index in [1.54, 1.807) is 0 Å². The average Bonchev–Trinajstić information content (AvgIpc) is 1.82. The summed E-state index contributed by atoms with van der Waals surface area (Å²) in [6.07, 6.45) is 3.88. The van der Waals surface area contributed by atoms with Gasteiger partial charge in [0.2, 0.25) is 5.91 Å². The van der Waals surface area contributed by atoms with Gasteiger partial charge in [0.05, 0.1) is 4.83 Å². The van der Waals surface area contributed by atoms with E-state index < -0.39 is 0 Å². The monoisotopic (exact) mass is 233 g/mol. The van der Waals surface area contributed by atoms with Gasteiger partial charge in [0.25, 0.3) is 0 Å². The SMILES string of the molecule is CC(Br)C(=O)NC(C)C1CCC1. The maximum Gasteiger partial charge on any atom is 0.233 e. The van der Waals surface area contributed by atoms with Crippen LogP contribution in [0.1, 0.15) is 33.1 Å². The lowest BCUT2D eigenvalue weighted by molar-refractivity contribution is -0.121. The zero-order chi connectivity index (χ0) is 9.14. The first-order chi connectivity index (χ1) is 5.61. The smallest absolute Gasteiger partial charge is 0.233 e. The van der Waals surface area contributed by atoms with E-state index in [-0.39, 0.29) is 10.7 Å². The van der Waals surface area contributed by atoms with Crippen molar-refractivity contribution in [3.8, 4) is 0 Å². The highest BCUT2D eigenvalue weighted by Gasteiger charge is 2.25. The van der Waals surface area contributed by atoms with E-state index in [1.807, 2.05) is 6.92 Å². The Morgan fingerprint density at radius 2 is 2.08 bits per heavy atom. The van der Waals surface area contributed by atoms with Crippen molar-refractivity contribution >= 4 is 21.8 Å². The van der Waals surface area contributed by atoms with E-state index in [4.69, 9.17) is 0 Å². The fourth-order valence-electron chi connectivity index (χ4n) is 1.40. The molecule has 2 nitrogen and oxygen atoms in total. The standard InChI is InChI=1S/C9H16BrNO/c1-6(10)9(12)11-7(2)8-4-3-5-8/h6-8H,3-5H2,1-2H3,(H,11,12). The van der Waals surface area contributed by atoms with Gasteiger partial charge in [-0.2, -0.15) is 0 Å². The van der Waals surface area contributed by atoms with Crippen LogP contribution < -0.4 is 5.32 Å². The molecule has 1 fully saturated rings. The molecule has 0 aromatic heterocycles. The summed E-state index contributed by atoms with van der Waals surface area (Å²) in [5, 5.41) is 3.00. The first-order valence-corrected chi connectivity index (χ1v) is 5.47. The van der Waals surface area contributed by atoms with E-state index in [2.05, 4.69) is 28.2 Å². The molecule has 2 unspecified atom stereocenters. The lowest BCUT2D eigenvalue weighted by Crippen LogP contribution is -2.43. The second-order valence-corrected chi connectivity index (χ2v) is 4.98. The Balaban J connectivity index is 2.24. The summed E-state index contributed by atoms with van der Waals surface area (Å²) in [7, 11) is 0. The van der Waals surface area contributed by atoms with Crippen LogP contribution in [0.5, 0.6) is 0 Å². The highest BCUT2D eigenvalue weighted by atomic mass is 79.9. The summed E-state index contributed by atoms with van der Waals surface area (Å²) < 4.78 is 0. The Hall–Kier alpha value is -0.0500. The predicted molar refractivity (Wildman–Crippen MR) is 53.3 cm³/mol. The summed E-state index contributed by atoms with van der Waals surface area (Å²) >= 11 is 3.25. The third-order valence-corrected chi connectivity index (χ3v) is 3.00. The Labute approximate surface area is 82.2 Å². The largest absolute Gasteiger partial charge is 0.352 e. The first kappa shape index (κ1) is 10.0. The van der Waals surface area contributed by atoms with Crippen molar-refractivity contribution in [2.45, 2.75) is 44.0 Å². The molecule has 0 bridgehead atoms. The zero-order valence-corrected chi connectivity index (χ0v) is 9.23. The van der Waals surface area contributed by atoms with E-state index in [0.717, 1.165) is 5.92 Å². The number of hydrogen-bond donors (Lipinski definition) is 1. The molecule has 1 N–H and O–H groups in total. The average molecular weight is 234 g/mol. The molecule has 0 heterocycles. The van der Waals surface area contributed by atoms with Gasteiger partial charge in [-0.3, -0.25) is 4.79 Å². The van der Waals surface area contributed by atoms with Crippen molar-refractivity contribution in [2.24, 2.45) is 5.92 Å². The minimum atomic E-state index is -0.0694. The van der Waals surface area contributed by atoms with Crippen LogP contribution in [0, 0.1) is 5.92 Å². The van der Waals surface area contributed by atoms with Crippen molar-refractivity contribution in [1.82, 2.24) is 5.32 Å². The maximum atomic E-state index is 11.2. The van der Waals surface area contributed by atoms with Gasteiger partial charge in [-0.15, -0.1) is 0 Å². The molecule has 0 aliphatic heterocycles. The molecule has 0 saturated heterocycles. The predicted octanol–water partition coefficient (Wildman–Crippen LogP) is 2.07. The number of amides is 1. The zero-order valence-electron chi connectivity index (χ0n) is 7.64. The van der Waals surface area contributed by atoms with Gasteiger partial charge in [-0.05, 0) is 32.6 Å². The fraction of sp³-hybridized carbons (Fsp3) is 0.889. The van der Waals surface area contributed by atoms with Crippen LogP contribution in [0.3, 0.4) is 0 Å². The molecule has 0 spiro atoms. The molecule has 0 aromatic carbocycles. The molecule has 1 amide bonds. The molecule has 0 radical (unpaired) electrons. The molecular formula is C9H16BrNO. The van der Waals surface area contributed by atoms with Gasteiger partial charge in [-0.25, -0.2) is 0 Å². The number of nitrogens with one attached hydrogen (secondary N) is 1. The number of hydrogen-bond acceptors (Lipinski definition) is 1. The lowest BCUT2D eigenvalue weighted by atomic mass is 9.80. The lowest BCUT2D eigenvalue weighted by Gasteiger charge is -2.32. The summed E-state index contributed by atoms with van der Waals surface area (Å²) in [6.45, 7) is 3.94. The minimum Gasteiger partial charge on any atom is -0.352 e. The van der Waals surface area contributed by atoms with Gasteiger partial charge in [0.1, 0.15) is 0 Å². The van der Waals surface area contributed by atoms with Crippen molar-refractivity contribution in [2.75, 3.05) is 0 Å². The minimum absolute atomic E-state index is 0.0694. The Morgan fingerprint density at radius 3 is 2.42 bits per heavy atom. The maximum absolute atomic E-state index is 11.2. The molecule has 3 heteroatoms. The third kappa shape index (κ3) is 2.47. The molecule has 1 rings (SSSR count). The molecule has 2 atom stereocenters. The second kappa shape index (κ2) is 4.26. The summed E-state index contributed by atoms with van der Waals surface area (Å²) in [6, 6.07) is 0.353. The molecular weight excluding hydrogens is 218 g/mol. The quantitative estimate of drug-likeness (QED) is 0.744. The molecule has 12 heavy (non-hydrogen) atoms. The number of carbonyl (C=O) groups is 1. The number of halogens is 1. The van der Waals surface area contributed by atoms with Crippen LogP contribution in [0.15, 0.2) is 0 Å². The Bertz CT molecular complexity index is 166. The van der Waals surface area contributed by atoms with Crippen LogP contribution in [0.2, 0.25) is 0 Å². The molecule has 1 aliphatic carbocycles. The highest BCUT2D eigenvalue weighted by Crippen LogP contribution is 2.29. The van der Waals surface area contributed by atoms with Gasteiger partial charge in [-0.1, -0.05) is 22.4 Å². The van der Waals surface area contributed by atoms with Crippen LogP contribution in [-0.2, 0) is 4.79 Å². The van der Waals surface area contributed by atoms with Crippen molar-refractivity contribution in [3.05, 3.63) is 0 Å². The summed E-state index contributed by atoms with van der Waals surface area (Å²) in [5.41, 5.74) is 0. The summed E-state index contributed by atoms with van der Waals surface area (Å²) in [5.74, 6) is 0.828. The Kier molecular flexibility index (Phi) is 3.56. The van der Waals surface area contributed by atoms with Crippen LogP contribution in [0.4, 0.5) is 0 Å². The topological polar surface area (TPSA) is 29.1 Å². The van der Waals surface area contributed by atoms with Gasteiger partial charge >= 0.3 is 0 Å². The molecule has 1 saturated carbocycles. The number of rotatable bonds is 3. The van der Waals surface area contributed by atoms with E-state index >= 15 is 0 Å². The summed E-state index contributed by atoms with van der Waals surface area (Å²) in [4.78, 5) is 11.2. The molecule has 1 aliphatic rings. The van der Waals surface area contributed by atoms with Crippen molar-refractivity contribution < 1.29 is 4.79 Å². The van der Waals surface area contributed by atoms with E-state index in [9.17, 15) is 4.79 Å². The normalized spacial score (nSPS) is 22.6. The van der Waals surface area contributed by atoms with E-state index in [0.29, 0.717) is 6.04 Å². The molecule has 70 valence electrons. The second-order valence-electron chi connectivity index (χ2n) is 3.60. The van der Waals surface area contributed by atoms with Crippen molar-refractivity contribution in [3.63, 3.8) is 0 Å².